The smallest absolute Gasteiger partial charge is 0.340 e. The Morgan fingerprint density at radius 2 is 1.55 bits per heavy atom. The molecule has 0 spiro atoms. The lowest BCUT2D eigenvalue weighted by atomic mass is 9.99. The number of hydrogen-bond acceptors (Lipinski definition) is 9. The molecule has 5 atom stereocenters. The predicted octanol–water partition coefficient (Wildman–Crippen LogP) is -0.454. The van der Waals surface area contributed by atoms with E-state index in [-0.39, 0.29) is 10.5 Å². The summed E-state index contributed by atoms with van der Waals surface area (Å²) in [5.74, 6) is -2.66. The third-order valence-corrected chi connectivity index (χ3v) is 6.62. The maximum atomic E-state index is 12.8. The molecule has 12 heteroatoms. The van der Waals surface area contributed by atoms with Crippen molar-refractivity contribution in [1.82, 2.24) is 4.31 Å². The number of aliphatic carboxylic acids is 1. The van der Waals surface area contributed by atoms with Crippen LogP contribution in [0.5, 0.6) is 0 Å². The summed E-state index contributed by atoms with van der Waals surface area (Å²) in [4.78, 5) is 23.5. The molecule has 0 bridgehead atoms. The first-order chi connectivity index (χ1) is 14.5. The Hall–Kier alpha value is -2.09. The van der Waals surface area contributed by atoms with Crippen molar-refractivity contribution < 1.29 is 47.9 Å². The van der Waals surface area contributed by atoms with Crippen molar-refractivity contribution in [2.75, 3.05) is 13.1 Å². The fourth-order valence-corrected chi connectivity index (χ4v) is 4.71. The molecule has 1 aliphatic rings. The number of rotatable bonds is 9. The topological polar surface area (TPSA) is 171 Å². The third-order valence-electron chi connectivity index (χ3n) is 4.71. The van der Waals surface area contributed by atoms with Gasteiger partial charge < -0.3 is 29.9 Å². The monoisotopic (exact) mass is 461 g/mol. The summed E-state index contributed by atoms with van der Waals surface area (Å²) in [6, 6.07) is 4.89. The average molecular weight is 461 g/mol. The molecule has 2 rings (SSSR count). The van der Waals surface area contributed by atoms with Crippen LogP contribution in [0.3, 0.4) is 0 Å². The van der Waals surface area contributed by atoms with Crippen molar-refractivity contribution in [3.8, 4) is 0 Å². The Bertz CT molecular complexity index is 866. The molecule has 174 valence electrons. The normalized spacial score (nSPS) is 26.6. The highest BCUT2D eigenvalue weighted by molar-refractivity contribution is 7.89. The highest BCUT2D eigenvalue weighted by Gasteiger charge is 2.48. The maximum absolute atomic E-state index is 12.8. The summed E-state index contributed by atoms with van der Waals surface area (Å²) >= 11 is 0. The summed E-state index contributed by atoms with van der Waals surface area (Å²) in [6.07, 6.45) is -8.18. The third kappa shape index (κ3) is 5.59. The van der Waals surface area contributed by atoms with Crippen LogP contribution in [-0.4, -0.2) is 88.9 Å². The van der Waals surface area contributed by atoms with Gasteiger partial charge in [0.15, 0.2) is 6.10 Å². The Balaban J connectivity index is 2.16. The molecule has 1 heterocycles. The SMILES string of the molecule is CCCN(CCC)S(=O)(=O)c1ccc(C(=O)O[C@@H]2O[C@H](C(=O)O)[C@@H](O)[C@H](O)[C@H]2O)cc1. The number of sulfonamides is 1. The van der Waals surface area contributed by atoms with Gasteiger partial charge in [0, 0.05) is 13.1 Å². The molecule has 0 aromatic heterocycles. The Kier molecular flexibility index (Phi) is 8.51. The van der Waals surface area contributed by atoms with E-state index in [0.29, 0.717) is 25.9 Å². The lowest BCUT2D eigenvalue weighted by Crippen LogP contribution is -2.60. The van der Waals surface area contributed by atoms with Crippen molar-refractivity contribution in [3.63, 3.8) is 0 Å². The number of aliphatic hydroxyl groups excluding tert-OH is 3. The zero-order valence-electron chi connectivity index (χ0n) is 17.1. The van der Waals surface area contributed by atoms with Crippen LogP contribution in [0.1, 0.15) is 37.0 Å². The molecule has 4 N–H and O–H groups in total. The molecule has 1 aliphatic heterocycles. The van der Waals surface area contributed by atoms with E-state index in [2.05, 4.69) is 0 Å². The second kappa shape index (κ2) is 10.5. The van der Waals surface area contributed by atoms with Crippen molar-refractivity contribution in [2.45, 2.75) is 62.3 Å². The summed E-state index contributed by atoms with van der Waals surface area (Å²) in [6.45, 7) is 4.44. The molecule has 1 fully saturated rings. The van der Waals surface area contributed by atoms with Crippen LogP contribution < -0.4 is 0 Å². The number of esters is 1. The molecule has 0 aliphatic carbocycles. The molecule has 1 saturated heterocycles. The highest BCUT2D eigenvalue weighted by Crippen LogP contribution is 2.24. The first kappa shape index (κ1) is 25.2. The van der Waals surface area contributed by atoms with E-state index >= 15 is 0 Å². The molecule has 1 aromatic carbocycles. The number of carboxylic acid groups (broad SMARTS) is 1. The van der Waals surface area contributed by atoms with Gasteiger partial charge in [-0.15, -0.1) is 0 Å². The number of carboxylic acids is 1. The summed E-state index contributed by atoms with van der Waals surface area (Å²) < 4.78 is 36.7. The molecular formula is C19H27NO10S. The van der Waals surface area contributed by atoms with Gasteiger partial charge in [-0.25, -0.2) is 18.0 Å². The van der Waals surface area contributed by atoms with E-state index in [4.69, 9.17) is 14.6 Å². The van der Waals surface area contributed by atoms with E-state index in [1.165, 1.54) is 28.6 Å². The largest absolute Gasteiger partial charge is 0.479 e. The number of hydrogen-bond donors (Lipinski definition) is 4. The Labute approximate surface area is 179 Å². The average Bonchev–Trinajstić information content (AvgIpc) is 2.73. The number of carbonyl (C=O) groups excluding carboxylic acids is 1. The number of aliphatic hydroxyl groups is 3. The van der Waals surface area contributed by atoms with Crippen molar-refractivity contribution >= 4 is 22.0 Å². The van der Waals surface area contributed by atoms with Gasteiger partial charge in [-0.05, 0) is 37.1 Å². The van der Waals surface area contributed by atoms with Crippen molar-refractivity contribution in [3.05, 3.63) is 29.8 Å². The number of carbonyl (C=O) groups is 2. The van der Waals surface area contributed by atoms with E-state index in [1.54, 1.807) is 0 Å². The lowest BCUT2D eigenvalue weighted by molar-refractivity contribution is -0.278. The van der Waals surface area contributed by atoms with E-state index in [9.17, 15) is 33.3 Å². The first-order valence-electron chi connectivity index (χ1n) is 9.78. The Morgan fingerprint density at radius 3 is 2.03 bits per heavy atom. The first-order valence-corrected chi connectivity index (χ1v) is 11.2. The van der Waals surface area contributed by atoms with Crippen LogP contribution in [0.15, 0.2) is 29.2 Å². The fraction of sp³-hybridized carbons (Fsp3) is 0.579. The summed E-state index contributed by atoms with van der Waals surface area (Å²) in [7, 11) is -3.74. The molecule has 0 saturated carbocycles. The molecule has 0 amide bonds. The van der Waals surface area contributed by atoms with Crippen LogP contribution in [-0.2, 0) is 24.3 Å². The number of ether oxygens (including phenoxy) is 2. The minimum Gasteiger partial charge on any atom is -0.479 e. The predicted molar refractivity (Wildman–Crippen MR) is 106 cm³/mol. The molecule has 1 aromatic rings. The van der Waals surface area contributed by atoms with E-state index < -0.39 is 52.7 Å². The van der Waals surface area contributed by atoms with Crippen molar-refractivity contribution in [2.24, 2.45) is 0 Å². The number of benzene rings is 1. The Morgan fingerprint density at radius 1 is 1.00 bits per heavy atom. The quantitative estimate of drug-likeness (QED) is 0.353. The lowest BCUT2D eigenvalue weighted by Gasteiger charge is -2.37. The van der Waals surface area contributed by atoms with Gasteiger partial charge in [-0.3, -0.25) is 0 Å². The van der Waals surface area contributed by atoms with Gasteiger partial charge in [0.2, 0.25) is 16.3 Å². The summed E-state index contributed by atoms with van der Waals surface area (Å²) in [5, 5.41) is 38.4. The van der Waals surface area contributed by atoms with Gasteiger partial charge in [0.05, 0.1) is 10.5 Å². The highest BCUT2D eigenvalue weighted by atomic mass is 32.2. The van der Waals surface area contributed by atoms with Crippen molar-refractivity contribution in [1.29, 1.82) is 0 Å². The summed E-state index contributed by atoms with van der Waals surface area (Å²) in [5.41, 5.74) is -0.0835. The van der Waals surface area contributed by atoms with Crippen LogP contribution in [0, 0.1) is 0 Å². The maximum Gasteiger partial charge on any atom is 0.340 e. The van der Waals surface area contributed by atoms with Crippen LogP contribution in [0.4, 0.5) is 0 Å². The van der Waals surface area contributed by atoms with Crippen LogP contribution in [0.25, 0.3) is 0 Å². The fourth-order valence-electron chi connectivity index (χ4n) is 3.09. The van der Waals surface area contributed by atoms with E-state index in [0.717, 1.165) is 0 Å². The molecule has 11 nitrogen and oxygen atoms in total. The second-order valence-corrected chi connectivity index (χ2v) is 9.01. The van der Waals surface area contributed by atoms with Gasteiger partial charge >= 0.3 is 11.9 Å². The standard InChI is InChI=1S/C19H27NO10S/c1-3-9-20(10-4-2)31(27,28)12-7-5-11(6-8-12)18(26)30-19-15(23)13(21)14(22)16(29-19)17(24)25/h5-8,13-16,19,21-23H,3-4,9-10H2,1-2H3,(H,24,25)/t13-,14-,15+,16-,19-/m0/s1. The molecule has 31 heavy (non-hydrogen) atoms. The van der Waals surface area contributed by atoms with Gasteiger partial charge in [0.1, 0.15) is 18.3 Å². The molecular weight excluding hydrogens is 434 g/mol. The van der Waals surface area contributed by atoms with Gasteiger partial charge in [0.25, 0.3) is 0 Å². The van der Waals surface area contributed by atoms with Crippen LogP contribution in [0.2, 0.25) is 0 Å². The number of nitrogens with zero attached hydrogens (tertiary/aromatic N) is 1. The zero-order valence-corrected chi connectivity index (χ0v) is 17.9. The van der Waals surface area contributed by atoms with Gasteiger partial charge in [-0.1, -0.05) is 13.8 Å². The molecule has 0 radical (unpaired) electrons. The zero-order chi connectivity index (χ0) is 23.3. The minimum absolute atomic E-state index is 0.00983. The molecule has 0 unspecified atom stereocenters. The second-order valence-electron chi connectivity index (χ2n) is 7.07. The van der Waals surface area contributed by atoms with Gasteiger partial charge in [-0.2, -0.15) is 4.31 Å². The van der Waals surface area contributed by atoms with Crippen LogP contribution >= 0.6 is 0 Å². The minimum atomic E-state index is -3.74. The van der Waals surface area contributed by atoms with E-state index in [1.807, 2.05) is 13.8 Å².